The number of piperazine rings is 1. The van der Waals surface area contributed by atoms with E-state index in [1.54, 1.807) is 24.3 Å². The summed E-state index contributed by atoms with van der Waals surface area (Å²) in [5.74, 6) is -0.0995. The van der Waals surface area contributed by atoms with Crippen LogP contribution in [-0.2, 0) is 10.0 Å². The molecule has 1 amide bonds. The Morgan fingerprint density at radius 2 is 1.72 bits per heavy atom. The number of likely N-dealkylation sites (N-methyl/N-ethyl adjacent to an activating group) is 1. The second kappa shape index (κ2) is 8.92. The third-order valence-electron chi connectivity index (χ3n) is 5.62. The normalized spacial score (nSPS) is 17.5. The first kappa shape index (κ1) is 22.9. The fraction of sp³-hybridized carbons (Fsp3) is 0.273. The molecule has 0 saturated carbocycles. The van der Waals surface area contributed by atoms with Crippen molar-refractivity contribution in [2.75, 3.05) is 26.7 Å². The predicted molar refractivity (Wildman–Crippen MR) is 127 cm³/mol. The Balaban J connectivity index is 1.75. The number of halogens is 1. The smallest absolute Gasteiger partial charge is 0.282 e. The van der Waals surface area contributed by atoms with Gasteiger partial charge >= 0.3 is 0 Å². The van der Waals surface area contributed by atoms with E-state index < -0.39 is 10.0 Å². The molecule has 1 atom stereocenters. The van der Waals surface area contributed by atoms with Crippen molar-refractivity contribution in [3.63, 3.8) is 0 Å². The molecule has 2 heterocycles. The van der Waals surface area contributed by atoms with Crippen molar-refractivity contribution in [1.82, 2.24) is 14.8 Å². The van der Waals surface area contributed by atoms with Crippen LogP contribution in [0, 0.1) is 0 Å². The number of benzene rings is 2. The molecular weight excluding hydrogens is 468 g/mol. The highest BCUT2D eigenvalue weighted by Crippen LogP contribution is 2.38. The van der Waals surface area contributed by atoms with Crippen LogP contribution in [0.4, 0.5) is 0 Å². The lowest BCUT2D eigenvalue weighted by Gasteiger charge is -2.37. The van der Waals surface area contributed by atoms with E-state index in [0.29, 0.717) is 28.8 Å². The maximum absolute atomic E-state index is 13.3. The topological polar surface area (TPSA) is 96.6 Å². The van der Waals surface area contributed by atoms with Crippen LogP contribution in [-0.4, -0.2) is 61.8 Å². The molecule has 1 aliphatic heterocycles. The minimum Gasteiger partial charge on any atom is -0.334 e. The van der Waals surface area contributed by atoms with Crippen LogP contribution in [0.15, 0.2) is 53.4 Å². The average molecular weight is 491 g/mol. The number of rotatable bonds is 4. The minimum atomic E-state index is -3.79. The van der Waals surface area contributed by atoms with Crippen molar-refractivity contribution >= 4 is 38.9 Å². The zero-order valence-corrected chi connectivity index (χ0v) is 20.0. The lowest BCUT2D eigenvalue weighted by Crippen LogP contribution is -2.52. The molecule has 32 heavy (non-hydrogen) atoms. The number of hydrogen-bond acceptors (Lipinski definition) is 6. The number of sulfonamides is 1. The second-order valence-corrected chi connectivity index (χ2v) is 10.9. The number of thiazole rings is 1. The summed E-state index contributed by atoms with van der Waals surface area (Å²) in [6, 6.07) is 13.8. The number of nitrogens with zero attached hydrogens (tertiary/aromatic N) is 3. The Kier molecular flexibility index (Phi) is 6.37. The highest BCUT2D eigenvalue weighted by Gasteiger charge is 2.28. The summed E-state index contributed by atoms with van der Waals surface area (Å²) in [6.45, 7) is 4.20. The van der Waals surface area contributed by atoms with Crippen LogP contribution in [0.25, 0.3) is 21.7 Å². The minimum absolute atomic E-state index is 0.0292. The molecule has 0 unspecified atom stereocenters. The number of amides is 1. The molecule has 1 aliphatic rings. The average Bonchev–Trinajstić information content (AvgIpc) is 3.20. The summed E-state index contributed by atoms with van der Waals surface area (Å²) in [5.41, 5.74) is 2.23. The highest BCUT2D eigenvalue weighted by molar-refractivity contribution is 7.89. The van der Waals surface area contributed by atoms with Gasteiger partial charge in [-0.05, 0) is 43.8 Å². The lowest BCUT2D eigenvalue weighted by atomic mass is 10.1. The Labute approximate surface area is 196 Å². The van der Waals surface area contributed by atoms with Gasteiger partial charge in [0.2, 0.25) is 10.0 Å². The van der Waals surface area contributed by atoms with E-state index >= 15 is 0 Å². The Hall–Kier alpha value is -2.30. The van der Waals surface area contributed by atoms with E-state index in [2.05, 4.69) is 18.9 Å². The van der Waals surface area contributed by atoms with Gasteiger partial charge in [0.25, 0.3) is 5.91 Å². The zero-order valence-electron chi connectivity index (χ0n) is 17.7. The number of carbonyl (C=O) groups is 1. The molecule has 168 valence electrons. The van der Waals surface area contributed by atoms with Gasteiger partial charge in [0, 0.05) is 36.3 Å². The van der Waals surface area contributed by atoms with E-state index in [1.807, 2.05) is 17.0 Å². The summed E-state index contributed by atoms with van der Waals surface area (Å²) in [6.07, 6.45) is 0. The van der Waals surface area contributed by atoms with E-state index in [4.69, 9.17) is 21.7 Å². The van der Waals surface area contributed by atoms with Crippen LogP contribution in [0.1, 0.15) is 16.7 Å². The quantitative estimate of drug-likeness (QED) is 0.603. The number of nitrogens with two attached hydrogens (primary N) is 1. The molecule has 0 radical (unpaired) electrons. The molecule has 10 heteroatoms. The van der Waals surface area contributed by atoms with Crippen molar-refractivity contribution in [3.05, 3.63) is 58.6 Å². The number of hydrogen-bond donors (Lipinski definition) is 1. The van der Waals surface area contributed by atoms with Gasteiger partial charge in [-0.2, -0.15) is 0 Å². The summed E-state index contributed by atoms with van der Waals surface area (Å²) in [7, 11) is -1.74. The van der Waals surface area contributed by atoms with Crippen molar-refractivity contribution in [2.45, 2.75) is 17.9 Å². The van der Waals surface area contributed by atoms with Crippen LogP contribution in [0.5, 0.6) is 0 Å². The van der Waals surface area contributed by atoms with Gasteiger partial charge in [-0.25, -0.2) is 18.5 Å². The third kappa shape index (κ3) is 4.72. The van der Waals surface area contributed by atoms with Gasteiger partial charge in [-0.1, -0.05) is 35.9 Å². The van der Waals surface area contributed by atoms with Gasteiger partial charge in [-0.3, -0.25) is 4.79 Å². The summed E-state index contributed by atoms with van der Waals surface area (Å²) < 4.78 is 23.2. The number of primary sulfonamides is 1. The van der Waals surface area contributed by atoms with E-state index in [0.717, 1.165) is 22.5 Å². The first-order valence-electron chi connectivity index (χ1n) is 10.0. The maximum Gasteiger partial charge on any atom is 0.282 e. The van der Waals surface area contributed by atoms with Gasteiger partial charge in [0.05, 0.1) is 15.5 Å². The van der Waals surface area contributed by atoms with Crippen molar-refractivity contribution in [2.24, 2.45) is 5.14 Å². The largest absolute Gasteiger partial charge is 0.334 e. The van der Waals surface area contributed by atoms with Gasteiger partial charge in [0.15, 0.2) is 5.01 Å². The Morgan fingerprint density at radius 3 is 2.31 bits per heavy atom. The molecule has 2 aromatic carbocycles. The molecule has 0 bridgehead atoms. The molecule has 0 spiro atoms. The first-order valence-corrected chi connectivity index (χ1v) is 12.8. The van der Waals surface area contributed by atoms with Crippen LogP contribution < -0.4 is 5.14 Å². The molecule has 4 rings (SSSR count). The van der Waals surface area contributed by atoms with Crippen LogP contribution >= 0.6 is 22.9 Å². The predicted octanol–water partition coefficient (Wildman–Crippen LogP) is 3.55. The van der Waals surface area contributed by atoms with Crippen LogP contribution in [0.2, 0.25) is 5.02 Å². The summed E-state index contributed by atoms with van der Waals surface area (Å²) in [5, 5.41) is 6.23. The lowest BCUT2D eigenvalue weighted by molar-refractivity contribution is 0.0572. The number of aromatic nitrogens is 1. The van der Waals surface area contributed by atoms with Gasteiger partial charge < -0.3 is 9.80 Å². The first-order chi connectivity index (χ1) is 15.1. The molecule has 7 nitrogen and oxygen atoms in total. The molecule has 1 aromatic heterocycles. The monoisotopic (exact) mass is 490 g/mol. The fourth-order valence-electron chi connectivity index (χ4n) is 3.57. The van der Waals surface area contributed by atoms with E-state index in [9.17, 15) is 13.2 Å². The number of carbonyl (C=O) groups excluding carboxylic acids is 1. The van der Waals surface area contributed by atoms with E-state index in [1.165, 1.54) is 23.5 Å². The van der Waals surface area contributed by atoms with Crippen LogP contribution in [0.3, 0.4) is 0 Å². The highest BCUT2D eigenvalue weighted by atomic mass is 35.5. The molecule has 1 saturated heterocycles. The zero-order chi connectivity index (χ0) is 23.0. The second-order valence-electron chi connectivity index (χ2n) is 7.85. The third-order valence-corrected chi connectivity index (χ3v) is 7.89. The summed E-state index contributed by atoms with van der Waals surface area (Å²) >= 11 is 7.35. The maximum atomic E-state index is 13.3. The fourth-order valence-corrected chi connectivity index (χ4v) is 5.28. The van der Waals surface area contributed by atoms with Gasteiger partial charge in [0.1, 0.15) is 0 Å². The Bertz CT molecular complexity index is 1240. The molecule has 2 N–H and O–H groups in total. The molecular formula is C22H23ClN4O3S2. The molecule has 3 aromatic rings. The van der Waals surface area contributed by atoms with Crippen molar-refractivity contribution in [3.8, 4) is 21.7 Å². The summed E-state index contributed by atoms with van der Waals surface area (Å²) in [4.78, 5) is 22.8. The van der Waals surface area contributed by atoms with Gasteiger partial charge in [-0.15, -0.1) is 11.3 Å². The standard InChI is InChI=1S/C22H23ClN4O3S2/c1-14-13-27(12-11-26(14)2)22(28)21-25-19(15-3-7-17(23)8-4-15)20(31-21)16-5-9-18(10-6-16)32(24,29)30/h3-10,14H,11-13H2,1-2H3,(H2,24,29,30)/t14-/m1/s1. The Morgan fingerprint density at radius 1 is 1.09 bits per heavy atom. The van der Waals surface area contributed by atoms with Crippen molar-refractivity contribution < 1.29 is 13.2 Å². The van der Waals surface area contributed by atoms with Crippen molar-refractivity contribution in [1.29, 1.82) is 0 Å². The van der Waals surface area contributed by atoms with E-state index in [-0.39, 0.29) is 16.8 Å². The molecule has 0 aliphatic carbocycles. The molecule has 1 fully saturated rings. The SMILES string of the molecule is C[C@@H]1CN(C(=O)c2nc(-c3ccc(Cl)cc3)c(-c3ccc(S(N)(=O)=O)cc3)s2)CCN1C.